The van der Waals surface area contributed by atoms with Crippen LogP contribution in [0.1, 0.15) is 18.2 Å². The maximum Gasteiger partial charge on any atom is 0.223 e. The highest BCUT2D eigenvalue weighted by Gasteiger charge is 2.11. The van der Waals surface area contributed by atoms with Crippen molar-refractivity contribution in [2.24, 2.45) is 0 Å². The number of benzene rings is 2. The third kappa shape index (κ3) is 4.97. The lowest BCUT2D eigenvalue weighted by Crippen LogP contribution is -1.98. The molecule has 0 aliphatic heterocycles. The van der Waals surface area contributed by atoms with E-state index in [2.05, 4.69) is 9.97 Å². The molecule has 3 aromatic rings. The first kappa shape index (κ1) is 19.2. The van der Waals surface area contributed by atoms with Crippen molar-refractivity contribution in [3.63, 3.8) is 0 Å². The zero-order valence-corrected chi connectivity index (χ0v) is 15.0. The number of ether oxygens (including phenoxy) is 1. The second-order valence-corrected chi connectivity index (χ2v) is 6.49. The van der Waals surface area contributed by atoms with Crippen molar-refractivity contribution in [1.29, 1.82) is 0 Å². The van der Waals surface area contributed by atoms with Gasteiger partial charge in [0.2, 0.25) is 5.88 Å². The minimum Gasteiger partial charge on any atom is -0.436 e. The summed E-state index contributed by atoms with van der Waals surface area (Å²) in [5.41, 5.74) is 1.23. The van der Waals surface area contributed by atoms with Crippen LogP contribution in [0.5, 0.6) is 11.6 Å². The fourth-order valence-electron chi connectivity index (χ4n) is 2.20. The van der Waals surface area contributed by atoms with E-state index in [4.69, 9.17) is 4.74 Å². The van der Waals surface area contributed by atoms with E-state index in [0.29, 0.717) is 28.6 Å². The fraction of sp³-hybridized carbons (Fsp3) is 0.158. The smallest absolute Gasteiger partial charge is 0.223 e. The normalized spacial score (nSPS) is 10.9. The maximum absolute atomic E-state index is 13.8. The van der Waals surface area contributed by atoms with Crippen LogP contribution in [0.25, 0.3) is 0 Å². The second-order valence-electron chi connectivity index (χ2n) is 5.55. The Morgan fingerprint density at radius 2 is 1.70 bits per heavy atom. The van der Waals surface area contributed by atoms with E-state index in [9.17, 15) is 17.6 Å². The van der Waals surface area contributed by atoms with Crippen LogP contribution >= 0.6 is 11.8 Å². The summed E-state index contributed by atoms with van der Waals surface area (Å²) < 4.78 is 58.5. The predicted octanol–water partition coefficient (Wildman–Crippen LogP) is 5.68. The topological polar surface area (TPSA) is 35.0 Å². The van der Waals surface area contributed by atoms with Crippen LogP contribution < -0.4 is 4.74 Å². The average Bonchev–Trinajstić information content (AvgIpc) is 2.65. The number of thioether (sulfide) groups is 1. The van der Waals surface area contributed by atoms with Crippen molar-refractivity contribution in [1.82, 2.24) is 9.97 Å². The molecule has 0 spiro atoms. The third-order valence-electron chi connectivity index (χ3n) is 3.56. The van der Waals surface area contributed by atoms with Gasteiger partial charge in [-0.05, 0) is 36.2 Å². The van der Waals surface area contributed by atoms with E-state index < -0.39 is 23.3 Å². The molecule has 0 N–H and O–H groups in total. The van der Waals surface area contributed by atoms with Crippen LogP contribution in [-0.2, 0) is 12.2 Å². The molecule has 0 fully saturated rings. The third-order valence-corrected chi connectivity index (χ3v) is 4.48. The molecule has 0 radical (unpaired) electrons. The molecular formula is C19H14F4N2OS. The summed E-state index contributed by atoms with van der Waals surface area (Å²) >= 11 is 1.20. The van der Waals surface area contributed by atoms with Crippen molar-refractivity contribution >= 4 is 11.8 Å². The quantitative estimate of drug-likeness (QED) is 0.306. The monoisotopic (exact) mass is 394 g/mol. The zero-order chi connectivity index (χ0) is 19.4. The largest absolute Gasteiger partial charge is 0.436 e. The summed E-state index contributed by atoms with van der Waals surface area (Å²) in [7, 11) is 0. The summed E-state index contributed by atoms with van der Waals surface area (Å²) in [5, 5.41) is 0.344. The Morgan fingerprint density at radius 3 is 2.41 bits per heavy atom. The Kier molecular flexibility index (Phi) is 5.95. The van der Waals surface area contributed by atoms with Gasteiger partial charge in [0.25, 0.3) is 0 Å². The van der Waals surface area contributed by atoms with Crippen LogP contribution in [0, 0.1) is 23.3 Å². The molecule has 0 amide bonds. The first-order chi connectivity index (χ1) is 12.9. The van der Waals surface area contributed by atoms with Gasteiger partial charge in [0.1, 0.15) is 5.82 Å². The minimum atomic E-state index is -0.924. The summed E-state index contributed by atoms with van der Waals surface area (Å²) in [4.78, 5) is 8.53. The SMILES string of the molecule is CCc1cc(Oc2ccc(F)cc2F)nc(SCc2ccc(F)c(F)c2)n1. The van der Waals surface area contributed by atoms with Gasteiger partial charge in [-0.3, -0.25) is 0 Å². The molecule has 0 atom stereocenters. The van der Waals surface area contributed by atoms with Crippen molar-refractivity contribution < 1.29 is 22.3 Å². The molecule has 3 nitrogen and oxygen atoms in total. The van der Waals surface area contributed by atoms with Gasteiger partial charge in [-0.15, -0.1) is 0 Å². The number of hydrogen-bond donors (Lipinski definition) is 0. The van der Waals surface area contributed by atoms with Gasteiger partial charge >= 0.3 is 0 Å². The molecule has 0 saturated carbocycles. The molecule has 3 rings (SSSR count). The minimum absolute atomic E-state index is 0.111. The first-order valence-electron chi connectivity index (χ1n) is 8.02. The lowest BCUT2D eigenvalue weighted by molar-refractivity contribution is 0.417. The molecule has 0 saturated heterocycles. The van der Waals surface area contributed by atoms with Gasteiger partial charge in [0, 0.05) is 23.6 Å². The number of nitrogens with zero attached hydrogens (tertiary/aromatic N) is 2. The summed E-state index contributed by atoms with van der Waals surface area (Å²) in [6.45, 7) is 1.88. The lowest BCUT2D eigenvalue weighted by atomic mass is 10.2. The highest BCUT2D eigenvalue weighted by Crippen LogP contribution is 2.27. The van der Waals surface area contributed by atoms with Gasteiger partial charge in [0.05, 0.1) is 0 Å². The van der Waals surface area contributed by atoms with Crippen LogP contribution in [0.3, 0.4) is 0 Å². The Hall–Kier alpha value is -2.61. The number of aryl methyl sites for hydroxylation is 1. The Bertz CT molecular complexity index is 968. The van der Waals surface area contributed by atoms with Crippen molar-refractivity contribution in [2.45, 2.75) is 24.3 Å². The molecular weight excluding hydrogens is 380 g/mol. The lowest BCUT2D eigenvalue weighted by Gasteiger charge is -2.09. The molecule has 0 aliphatic carbocycles. The molecule has 1 aromatic heterocycles. The zero-order valence-electron chi connectivity index (χ0n) is 14.2. The van der Waals surface area contributed by atoms with Gasteiger partial charge in [-0.25, -0.2) is 22.5 Å². The van der Waals surface area contributed by atoms with Gasteiger partial charge in [0.15, 0.2) is 28.4 Å². The van der Waals surface area contributed by atoms with E-state index in [1.54, 1.807) is 6.07 Å². The fourth-order valence-corrected chi connectivity index (χ4v) is 3.01. The van der Waals surface area contributed by atoms with Gasteiger partial charge in [-0.2, -0.15) is 4.98 Å². The van der Waals surface area contributed by atoms with Crippen LogP contribution in [0.4, 0.5) is 17.6 Å². The van der Waals surface area contributed by atoms with E-state index in [1.807, 2.05) is 6.92 Å². The molecule has 8 heteroatoms. The van der Waals surface area contributed by atoms with Crippen molar-refractivity contribution in [2.75, 3.05) is 0 Å². The van der Waals surface area contributed by atoms with Crippen LogP contribution in [-0.4, -0.2) is 9.97 Å². The standard InChI is InChI=1S/C19H14F4N2OS/c1-2-13-9-18(26-17-6-4-12(20)8-16(17)23)25-19(24-13)27-10-11-3-5-14(21)15(22)7-11/h3-9H,2,10H2,1H3. The highest BCUT2D eigenvalue weighted by molar-refractivity contribution is 7.98. The molecule has 27 heavy (non-hydrogen) atoms. The van der Waals surface area contributed by atoms with Gasteiger partial charge < -0.3 is 4.74 Å². The second kappa shape index (κ2) is 8.39. The number of hydrogen-bond acceptors (Lipinski definition) is 4. The summed E-state index contributed by atoms with van der Waals surface area (Å²) in [5.74, 6) is -3.12. The Labute approximate surface area is 157 Å². The molecule has 0 unspecified atom stereocenters. The molecule has 2 aromatic carbocycles. The molecule has 0 aliphatic rings. The van der Waals surface area contributed by atoms with Crippen molar-refractivity contribution in [3.05, 3.63) is 77.0 Å². The molecule has 0 bridgehead atoms. The number of rotatable bonds is 6. The number of aromatic nitrogens is 2. The Morgan fingerprint density at radius 1 is 0.889 bits per heavy atom. The van der Waals surface area contributed by atoms with Gasteiger partial charge in [-0.1, -0.05) is 24.8 Å². The van der Waals surface area contributed by atoms with Crippen LogP contribution in [0.15, 0.2) is 47.6 Å². The first-order valence-corrected chi connectivity index (χ1v) is 9.00. The van der Waals surface area contributed by atoms with Crippen molar-refractivity contribution in [3.8, 4) is 11.6 Å². The molecule has 1 heterocycles. The van der Waals surface area contributed by atoms with E-state index in [0.717, 1.165) is 24.3 Å². The number of halogens is 4. The van der Waals surface area contributed by atoms with E-state index in [-0.39, 0.29) is 11.6 Å². The Balaban J connectivity index is 1.79. The highest BCUT2D eigenvalue weighted by atomic mass is 32.2. The maximum atomic E-state index is 13.8. The van der Waals surface area contributed by atoms with E-state index in [1.165, 1.54) is 23.9 Å². The predicted molar refractivity (Wildman–Crippen MR) is 93.8 cm³/mol. The molecule has 140 valence electrons. The average molecular weight is 394 g/mol. The van der Waals surface area contributed by atoms with E-state index >= 15 is 0 Å². The van der Waals surface area contributed by atoms with Crippen LogP contribution in [0.2, 0.25) is 0 Å². The summed E-state index contributed by atoms with van der Waals surface area (Å²) in [6.07, 6.45) is 0.587. The summed E-state index contributed by atoms with van der Waals surface area (Å²) in [6, 6.07) is 8.17.